The second kappa shape index (κ2) is 9.52. The Morgan fingerprint density at radius 1 is 1.11 bits per heavy atom. The van der Waals surface area contributed by atoms with Gasteiger partial charge in [0.05, 0.1) is 4.90 Å². The van der Waals surface area contributed by atoms with Crippen molar-refractivity contribution in [2.45, 2.75) is 70.0 Å². The minimum absolute atomic E-state index is 0.0177. The van der Waals surface area contributed by atoms with Crippen LogP contribution in [0.3, 0.4) is 0 Å². The number of hydrogen-bond donors (Lipinski definition) is 0. The van der Waals surface area contributed by atoms with Crippen molar-refractivity contribution in [3.63, 3.8) is 0 Å². The van der Waals surface area contributed by atoms with Gasteiger partial charge in [-0.1, -0.05) is 18.2 Å². The average molecular weight is 411 g/mol. The van der Waals surface area contributed by atoms with Crippen LogP contribution in [-0.4, -0.2) is 60.8 Å². The summed E-state index contributed by atoms with van der Waals surface area (Å²) in [4.78, 5) is 26.9. The molecule has 1 aromatic carbocycles. The van der Waals surface area contributed by atoms with Gasteiger partial charge in [0.15, 0.2) is 6.61 Å². The molecular formula is C20H30N2O5S. The maximum absolute atomic E-state index is 13.0. The molecule has 156 valence electrons. The Labute approximate surface area is 167 Å². The topological polar surface area (TPSA) is 84.0 Å². The first kappa shape index (κ1) is 22.4. The lowest BCUT2D eigenvalue weighted by molar-refractivity contribution is -0.157. The van der Waals surface area contributed by atoms with Crippen LogP contribution in [-0.2, 0) is 24.3 Å². The summed E-state index contributed by atoms with van der Waals surface area (Å²) < 4.78 is 32.4. The predicted molar refractivity (Wildman–Crippen MR) is 106 cm³/mol. The number of hydrogen-bond acceptors (Lipinski definition) is 5. The summed E-state index contributed by atoms with van der Waals surface area (Å²) in [6, 6.07) is 7.12. The van der Waals surface area contributed by atoms with Gasteiger partial charge in [-0.25, -0.2) is 8.42 Å². The molecule has 0 aromatic heterocycles. The quantitative estimate of drug-likeness (QED) is 0.645. The van der Waals surface area contributed by atoms with Crippen molar-refractivity contribution in [2.24, 2.45) is 0 Å². The number of sulfonamides is 1. The molecule has 1 unspecified atom stereocenters. The van der Waals surface area contributed by atoms with Crippen LogP contribution in [0.4, 0.5) is 0 Å². The van der Waals surface area contributed by atoms with E-state index >= 15 is 0 Å². The highest BCUT2D eigenvalue weighted by Crippen LogP contribution is 2.26. The second-order valence-corrected chi connectivity index (χ2v) is 9.43. The Bertz CT molecular complexity index is 769. The number of carbonyl (C=O) groups is 2. The third-order valence-corrected chi connectivity index (χ3v) is 6.74. The highest BCUT2D eigenvalue weighted by molar-refractivity contribution is 7.89. The van der Waals surface area contributed by atoms with Gasteiger partial charge in [-0.2, -0.15) is 4.31 Å². The Morgan fingerprint density at radius 3 is 2.29 bits per heavy atom. The first-order valence-corrected chi connectivity index (χ1v) is 11.1. The van der Waals surface area contributed by atoms with Crippen molar-refractivity contribution >= 4 is 21.9 Å². The molecule has 1 aliphatic rings. The molecule has 8 heteroatoms. The van der Waals surface area contributed by atoms with Crippen LogP contribution >= 0.6 is 0 Å². The molecule has 0 spiro atoms. The molecule has 1 saturated heterocycles. The van der Waals surface area contributed by atoms with Gasteiger partial charge in [0.1, 0.15) is 6.04 Å². The lowest BCUT2D eigenvalue weighted by Crippen LogP contribution is -2.49. The van der Waals surface area contributed by atoms with Crippen LogP contribution in [0, 0.1) is 0 Å². The van der Waals surface area contributed by atoms with Crippen molar-refractivity contribution in [1.82, 2.24) is 9.21 Å². The average Bonchev–Trinajstić information content (AvgIpc) is 2.66. The number of piperidine rings is 1. The minimum atomic E-state index is -3.80. The lowest BCUT2D eigenvalue weighted by atomic mass is 10.1. The maximum atomic E-state index is 13.0. The fourth-order valence-corrected chi connectivity index (χ4v) is 5.30. The SMILES string of the molecule is CC(C)N(C(=O)COC(=O)C1CCCCN1S(=O)(=O)c1ccccc1)C(C)C. The molecule has 0 aliphatic carbocycles. The van der Waals surface area contributed by atoms with Crippen LogP contribution in [0.1, 0.15) is 47.0 Å². The van der Waals surface area contributed by atoms with E-state index in [1.54, 1.807) is 23.1 Å². The third-order valence-electron chi connectivity index (χ3n) is 4.81. The van der Waals surface area contributed by atoms with Crippen LogP contribution in [0.2, 0.25) is 0 Å². The van der Waals surface area contributed by atoms with Gasteiger partial charge in [-0.05, 0) is 59.1 Å². The van der Waals surface area contributed by atoms with E-state index in [1.807, 2.05) is 27.7 Å². The number of benzene rings is 1. The van der Waals surface area contributed by atoms with E-state index in [9.17, 15) is 18.0 Å². The Kier molecular flexibility index (Phi) is 7.60. The zero-order valence-corrected chi connectivity index (χ0v) is 17.8. The van der Waals surface area contributed by atoms with Crippen LogP contribution in [0.25, 0.3) is 0 Å². The number of ether oxygens (including phenoxy) is 1. The van der Waals surface area contributed by atoms with E-state index in [-0.39, 0.29) is 36.0 Å². The van der Waals surface area contributed by atoms with Gasteiger partial charge in [-0.3, -0.25) is 9.59 Å². The summed E-state index contributed by atoms with van der Waals surface area (Å²) in [5, 5.41) is 0. The van der Waals surface area contributed by atoms with Crippen molar-refractivity contribution < 1.29 is 22.7 Å². The molecule has 7 nitrogen and oxygen atoms in total. The lowest BCUT2D eigenvalue weighted by Gasteiger charge is -2.34. The minimum Gasteiger partial charge on any atom is -0.454 e. The Morgan fingerprint density at radius 2 is 1.71 bits per heavy atom. The molecule has 28 heavy (non-hydrogen) atoms. The third kappa shape index (κ3) is 5.11. The fraction of sp³-hybridized carbons (Fsp3) is 0.600. The maximum Gasteiger partial charge on any atom is 0.324 e. The first-order chi connectivity index (χ1) is 13.2. The van der Waals surface area contributed by atoms with Crippen LogP contribution in [0.5, 0.6) is 0 Å². The van der Waals surface area contributed by atoms with E-state index in [4.69, 9.17) is 4.74 Å². The highest BCUT2D eigenvalue weighted by atomic mass is 32.2. The normalized spacial score (nSPS) is 18.3. The monoisotopic (exact) mass is 410 g/mol. The smallest absolute Gasteiger partial charge is 0.324 e. The highest BCUT2D eigenvalue weighted by Gasteiger charge is 2.39. The van der Waals surface area contributed by atoms with Crippen molar-refractivity contribution in [1.29, 1.82) is 0 Å². The number of nitrogens with zero attached hydrogens (tertiary/aromatic N) is 2. The Hall–Kier alpha value is -1.93. The molecule has 1 atom stereocenters. The number of esters is 1. The summed E-state index contributed by atoms with van der Waals surface area (Å²) in [7, 11) is -3.80. The molecule has 0 bridgehead atoms. The van der Waals surface area contributed by atoms with E-state index in [0.717, 1.165) is 6.42 Å². The zero-order chi connectivity index (χ0) is 20.9. The largest absolute Gasteiger partial charge is 0.454 e. The van der Waals surface area contributed by atoms with Gasteiger partial charge in [0, 0.05) is 18.6 Å². The molecule has 1 aliphatic heterocycles. The summed E-state index contributed by atoms with van der Waals surface area (Å²) >= 11 is 0. The molecule has 1 fully saturated rings. The van der Waals surface area contributed by atoms with Gasteiger partial charge in [-0.15, -0.1) is 0 Å². The van der Waals surface area contributed by atoms with E-state index in [2.05, 4.69) is 0 Å². The number of rotatable bonds is 7. The van der Waals surface area contributed by atoms with Gasteiger partial charge >= 0.3 is 5.97 Å². The molecule has 1 heterocycles. The summed E-state index contributed by atoms with van der Waals surface area (Å²) in [5.74, 6) is -0.952. The van der Waals surface area contributed by atoms with Gasteiger partial charge < -0.3 is 9.64 Å². The molecule has 1 aromatic rings. The molecule has 0 saturated carbocycles. The standard InChI is InChI=1S/C20H30N2O5S/c1-15(2)22(16(3)4)19(23)14-27-20(24)18-12-8-9-13-21(18)28(25,26)17-10-6-5-7-11-17/h5-7,10-11,15-16,18H,8-9,12-14H2,1-4H3. The van der Waals surface area contributed by atoms with Crippen molar-refractivity contribution in [3.05, 3.63) is 30.3 Å². The summed E-state index contributed by atoms with van der Waals surface area (Å²) in [6.07, 6.45) is 1.80. The number of amides is 1. The molecule has 0 radical (unpaired) electrons. The molecule has 1 amide bonds. The van der Waals surface area contributed by atoms with Gasteiger partial charge in [0.25, 0.3) is 5.91 Å². The number of carbonyl (C=O) groups excluding carboxylic acids is 2. The van der Waals surface area contributed by atoms with Crippen molar-refractivity contribution in [3.8, 4) is 0 Å². The zero-order valence-electron chi connectivity index (χ0n) is 17.0. The molecular weight excluding hydrogens is 380 g/mol. The first-order valence-electron chi connectivity index (χ1n) is 9.71. The summed E-state index contributed by atoms with van der Waals surface area (Å²) in [5.41, 5.74) is 0. The molecule has 0 N–H and O–H groups in total. The van der Waals surface area contributed by atoms with Crippen molar-refractivity contribution in [2.75, 3.05) is 13.2 Å². The molecule has 2 rings (SSSR count). The fourth-order valence-electron chi connectivity index (χ4n) is 3.63. The second-order valence-electron chi connectivity index (χ2n) is 7.54. The van der Waals surface area contributed by atoms with E-state index in [1.165, 1.54) is 16.4 Å². The van der Waals surface area contributed by atoms with Gasteiger partial charge in [0.2, 0.25) is 10.0 Å². The van der Waals surface area contributed by atoms with E-state index < -0.39 is 22.0 Å². The van der Waals surface area contributed by atoms with E-state index in [0.29, 0.717) is 12.8 Å². The van der Waals surface area contributed by atoms with Crippen LogP contribution in [0.15, 0.2) is 35.2 Å². The van der Waals surface area contributed by atoms with Crippen LogP contribution < -0.4 is 0 Å². The Balaban J connectivity index is 2.11. The summed E-state index contributed by atoms with van der Waals surface area (Å²) in [6.45, 7) is 7.47. The predicted octanol–water partition coefficient (Wildman–Crippen LogP) is 2.42.